The van der Waals surface area contributed by atoms with Gasteiger partial charge in [-0.05, 0) is 12.1 Å². The molecule has 3 N–H and O–H groups in total. The molecule has 1 amide bonds. The second-order valence-electron chi connectivity index (χ2n) is 4.00. The molecular formula is C12H11ClN4O3. The van der Waals surface area contributed by atoms with Crippen LogP contribution in [0.3, 0.4) is 0 Å². The quantitative estimate of drug-likeness (QED) is 0.759. The maximum atomic E-state index is 11.9. The third-order valence-electron chi connectivity index (χ3n) is 2.54. The topological polar surface area (TPSA) is 108 Å². The van der Waals surface area contributed by atoms with Crippen LogP contribution < -0.4 is 5.32 Å². The highest BCUT2D eigenvalue weighted by atomic mass is 35.5. The average molecular weight is 295 g/mol. The number of nitrogens with zero attached hydrogens (tertiary/aromatic N) is 2. The Balaban J connectivity index is 2.08. The van der Waals surface area contributed by atoms with Crippen LogP contribution in [0.25, 0.3) is 0 Å². The normalized spacial score (nSPS) is 11.8. The summed E-state index contributed by atoms with van der Waals surface area (Å²) >= 11 is 5.75. The number of carboxylic acids is 1. The molecule has 2 heterocycles. The second kappa shape index (κ2) is 6.16. The minimum absolute atomic E-state index is 0.0633. The van der Waals surface area contributed by atoms with Crippen LogP contribution in [0.5, 0.6) is 0 Å². The highest BCUT2D eigenvalue weighted by molar-refractivity contribution is 6.30. The minimum Gasteiger partial charge on any atom is -0.480 e. The lowest BCUT2D eigenvalue weighted by Gasteiger charge is -2.13. The number of hydrogen-bond donors (Lipinski definition) is 3. The zero-order valence-corrected chi connectivity index (χ0v) is 11.0. The molecule has 8 heteroatoms. The Bertz CT molecular complexity index is 615. The number of aromatic amines is 1. The number of hydrogen-bond acceptors (Lipinski definition) is 4. The van der Waals surface area contributed by atoms with Gasteiger partial charge in [0, 0.05) is 29.5 Å². The van der Waals surface area contributed by atoms with E-state index in [0.29, 0.717) is 10.7 Å². The number of aromatic nitrogens is 3. The molecule has 2 aromatic rings. The molecule has 20 heavy (non-hydrogen) atoms. The third-order valence-corrected chi connectivity index (χ3v) is 2.77. The Labute approximate surface area is 119 Å². The predicted octanol–water partition coefficient (Wildman–Crippen LogP) is 0.884. The smallest absolute Gasteiger partial charge is 0.326 e. The van der Waals surface area contributed by atoms with E-state index in [4.69, 9.17) is 16.7 Å². The summed E-state index contributed by atoms with van der Waals surface area (Å²) in [5, 5.41) is 11.9. The molecule has 1 atom stereocenters. The number of halogens is 1. The van der Waals surface area contributed by atoms with Crippen molar-refractivity contribution < 1.29 is 14.7 Å². The molecule has 2 aromatic heterocycles. The van der Waals surface area contributed by atoms with Crippen LogP contribution in [-0.2, 0) is 11.2 Å². The van der Waals surface area contributed by atoms with Crippen molar-refractivity contribution in [3.05, 3.63) is 47.3 Å². The maximum absolute atomic E-state index is 11.9. The zero-order valence-electron chi connectivity index (χ0n) is 10.2. The largest absolute Gasteiger partial charge is 0.480 e. The fraction of sp³-hybridized carbons (Fsp3) is 0.167. The molecule has 0 saturated heterocycles. The van der Waals surface area contributed by atoms with Crippen molar-refractivity contribution in [2.75, 3.05) is 0 Å². The predicted molar refractivity (Wildman–Crippen MR) is 70.4 cm³/mol. The van der Waals surface area contributed by atoms with E-state index in [0.717, 1.165) is 0 Å². The van der Waals surface area contributed by atoms with E-state index >= 15 is 0 Å². The first-order chi connectivity index (χ1) is 9.56. The number of nitrogens with one attached hydrogen (secondary N) is 2. The van der Waals surface area contributed by atoms with Crippen LogP contribution in [0.2, 0.25) is 5.02 Å². The van der Waals surface area contributed by atoms with Crippen molar-refractivity contribution in [3.8, 4) is 0 Å². The van der Waals surface area contributed by atoms with E-state index in [2.05, 4.69) is 20.3 Å². The molecule has 7 nitrogen and oxygen atoms in total. The lowest BCUT2D eigenvalue weighted by Crippen LogP contribution is -2.42. The first kappa shape index (κ1) is 14.0. The standard InChI is InChI=1S/C12H11ClN4O3/c13-7-1-2-15-9(3-7)11(18)17-10(12(19)20)4-8-5-14-6-16-8/h1-3,5-6,10H,4H2,(H,14,16)(H,17,18)(H,19,20). The molecule has 0 saturated carbocycles. The van der Waals surface area contributed by atoms with E-state index in [1.54, 1.807) is 0 Å². The van der Waals surface area contributed by atoms with Crippen molar-refractivity contribution in [2.45, 2.75) is 12.5 Å². The molecule has 0 aliphatic carbocycles. The van der Waals surface area contributed by atoms with E-state index in [1.807, 2.05) is 0 Å². The van der Waals surface area contributed by atoms with Crippen molar-refractivity contribution in [3.63, 3.8) is 0 Å². The monoisotopic (exact) mass is 294 g/mol. The van der Waals surface area contributed by atoms with Crippen molar-refractivity contribution in [1.82, 2.24) is 20.3 Å². The summed E-state index contributed by atoms with van der Waals surface area (Å²) in [5.74, 6) is -1.74. The van der Waals surface area contributed by atoms with E-state index in [1.165, 1.54) is 30.9 Å². The van der Waals surface area contributed by atoms with Gasteiger partial charge in [0.1, 0.15) is 11.7 Å². The number of carbonyl (C=O) groups is 2. The highest BCUT2D eigenvalue weighted by Crippen LogP contribution is 2.08. The summed E-state index contributed by atoms with van der Waals surface area (Å²) in [7, 11) is 0. The Morgan fingerprint density at radius 3 is 2.90 bits per heavy atom. The molecule has 0 aliphatic heterocycles. The van der Waals surface area contributed by atoms with Gasteiger partial charge in [-0.15, -0.1) is 0 Å². The summed E-state index contributed by atoms with van der Waals surface area (Å²) in [4.78, 5) is 33.5. The molecule has 0 aromatic carbocycles. The van der Waals surface area contributed by atoms with Crippen LogP contribution >= 0.6 is 11.6 Å². The fourth-order valence-corrected chi connectivity index (χ4v) is 1.74. The molecule has 2 rings (SSSR count). The van der Waals surface area contributed by atoms with Crippen LogP contribution in [0, 0.1) is 0 Å². The lowest BCUT2D eigenvalue weighted by atomic mass is 10.1. The SMILES string of the molecule is O=C(NC(Cc1cnc[nH]1)C(=O)O)c1cc(Cl)ccn1. The van der Waals surface area contributed by atoms with Gasteiger partial charge in [0.2, 0.25) is 0 Å². The first-order valence-corrected chi connectivity index (χ1v) is 6.06. The number of rotatable bonds is 5. The van der Waals surface area contributed by atoms with Gasteiger partial charge < -0.3 is 15.4 Å². The number of carboxylic acid groups (broad SMARTS) is 1. The van der Waals surface area contributed by atoms with Gasteiger partial charge in [0.05, 0.1) is 6.33 Å². The Kier molecular flexibility index (Phi) is 4.31. The van der Waals surface area contributed by atoms with Gasteiger partial charge >= 0.3 is 5.97 Å². The van der Waals surface area contributed by atoms with Crippen LogP contribution in [0.4, 0.5) is 0 Å². The number of amides is 1. The Hall–Kier alpha value is -2.41. The van der Waals surface area contributed by atoms with Crippen molar-refractivity contribution in [1.29, 1.82) is 0 Å². The molecule has 0 fully saturated rings. The van der Waals surface area contributed by atoms with Gasteiger partial charge in [-0.3, -0.25) is 9.78 Å². The third kappa shape index (κ3) is 3.55. The van der Waals surface area contributed by atoms with Gasteiger partial charge in [-0.25, -0.2) is 9.78 Å². The first-order valence-electron chi connectivity index (χ1n) is 5.68. The summed E-state index contributed by atoms with van der Waals surface area (Å²) in [6.07, 6.45) is 4.41. The molecule has 1 unspecified atom stereocenters. The zero-order chi connectivity index (χ0) is 14.5. The molecule has 104 valence electrons. The van der Waals surface area contributed by atoms with Crippen molar-refractivity contribution in [2.24, 2.45) is 0 Å². The summed E-state index contributed by atoms with van der Waals surface area (Å²) in [5.41, 5.74) is 0.671. The Morgan fingerprint density at radius 2 is 2.30 bits per heavy atom. The van der Waals surface area contributed by atoms with Crippen LogP contribution in [-0.4, -0.2) is 38.0 Å². The number of imidazole rings is 1. The maximum Gasteiger partial charge on any atom is 0.326 e. The van der Waals surface area contributed by atoms with Crippen molar-refractivity contribution >= 4 is 23.5 Å². The molecule has 0 aliphatic rings. The fourth-order valence-electron chi connectivity index (χ4n) is 1.58. The molecule has 0 radical (unpaired) electrons. The van der Waals surface area contributed by atoms with Crippen LogP contribution in [0.1, 0.15) is 16.2 Å². The Morgan fingerprint density at radius 1 is 1.50 bits per heavy atom. The summed E-state index contributed by atoms with van der Waals surface area (Å²) in [6.45, 7) is 0. The number of H-pyrrole nitrogens is 1. The minimum atomic E-state index is -1.14. The van der Waals surface area contributed by atoms with Crippen LogP contribution in [0.15, 0.2) is 30.9 Å². The number of pyridine rings is 1. The molecule has 0 bridgehead atoms. The van der Waals surface area contributed by atoms with Gasteiger partial charge in [-0.2, -0.15) is 0 Å². The lowest BCUT2D eigenvalue weighted by molar-refractivity contribution is -0.139. The highest BCUT2D eigenvalue weighted by Gasteiger charge is 2.22. The van der Waals surface area contributed by atoms with E-state index < -0.39 is 17.9 Å². The van der Waals surface area contributed by atoms with Gasteiger partial charge in [0.15, 0.2) is 0 Å². The molecule has 0 spiro atoms. The average Bonchev–Trinajstić information content (AvgIpc) is 2.90. The van der Waals surface area contributed by atoms with Gasteiger partial charge in [-0.1, -0.05) is 11.6 Å². The van der Waals surface area contributed by atoms with Gasteiger partial charge in [0.25, 0.3) is 5.91 Å². The second-order valence-corrected chi connectivity index (χ2v) is 4.44. The summed E-state index contributed by atoms with van der Waals surface area (Å²) in [6, 6.07) is 1.81. The van der Waals surface area contributed by atoms with E-state index in [-0.39, 0.29) is 12.1 Å². The summed E-state index contributed by atoms with van der Waals surface area (Å²) < 4.78 is 0. The number of carbonyl (C=O) groups excluding carboxylic acids is 1. The number of aliphatic carboxylic acids is 1. The van der Waals surface area contributed by atoms with E-state index in [9.17, 15) is 9.59 Å². The molecular weight excluding hydrogens is 284 g/mol.